The fourth-order valence-corrected chi connectivity index (χ4v) is 4.07. The van der Waals surface area contributed by atoms with Gasteiger partial charge in [-0.2, -0.15) is 0 Å². The number of unbranched alkanes of at least 4 members (excludes halogenated alkanes) is 1. The number of hydrogen-bond donors (Lipinski definition) is 0. The molecule has 2 bridgehead atoms. The molecule has 0 aromatic rings. The van der Waals surface area contributed by atoms with Crippen LogP contribution in [0.1, 0.15) is 45.4 Å². The van der Waals surface area contributed by atoms with E-state index in [1.165, 1.54) is 37.7 Å². The summed E-state index contributed by atoms with van der Waals surface area (Å²) in [6.07, 6.45) is 9.84. The van der Waals surface area contributed by atoms with E-state index in [0.29, 0.717) is 17.6 Å². The average Bonchev–Trinajstić information content (AvgIpc) is 2.88. The zero-order chi connectivity index (χ0) is 10.4. The molecule has 3 aliphatic carbocycles. The summed E-state index contributed by atoms with van der Waals surface area (Å²) in [5.41, 5.74) is 1.18. The van der Waals surface area contributed by atoms with Gasteiger partial charge in [-0.15, -0.1) is 0 Å². The smallest absolute Gasteiger partial charge is 0.162 e. The van der Waals surface area contributed by atoms with Crippen LogP contribution < -0.4 is 0 Å². The van der Waals surface area contributed by atoms with Crippen LogP contribution in [-0.2, 0) is 4.79 Å². The Labute approximate surface area is 91.9 Å². The Morgan fingerprint density at radius 2 is 2.13 bits per heavy atom. The molecule has 0 N–H and O–H groups in total. The predicted molar refractivity (Wildman–Crippen MR) is 60.4 cm³/mol. The molecule has 0 aliphatic heterocycles. The third-order valence-corrected chi connectivity index (χ3v) is 4.79. The predicted octanol–water partition coefficient (Wildman–Crippen LogP) is 3.35. The van der Waals surface area contributed by atoms with Crippen molar-refractivity contribution in [3.05, 3.63) is 11.6 Å². The van der Waals surface area contributed by atoms with E-state index in [1.807, 2.05) is 0 Å². The van der Waals surface area contributed by atoms with Gasteiger partial charge in [0.25, 0.3) is 0 Å². The summed E-state index contributed by atoms with van der Waals surface area (Å²) in [6, 6.07) is 0. The Balaban J connectivity index is 1.78. The molecule has 0 amide bonds. The van der Waals surface area contributed by atoms with Crippen LogP contribution in [0.15, 0.2) is 11.6 Å². The van der Waals surface area contributed by atoms with Crippen LogP contribution in [-0.4, -0.2) is 5.78 Å². The SMILES string of the molecule is CCCCC1=C[C@H]2[C@@H]3CC[C@@H](C3)[C@H]2C1=O. The quantitative estimate of drug-likeness (QED) is 0.689. The summed E-state index contributed by atoms with van der Waals surface area (Å²) in [7, 11) is 0. The maximum atomic E-state index is 12.2. The number of allylic oxidation sites excluding steroid dienone is 2. The van der Waals surface area contributed by atoms with Gasteiger partial charge in [0.1, 0.15) is 0 Å². The topological polar surface area (TPSA) is 17.1 Å². The number of rotatable bonds is 3. The lowest BCUT2D eigenvalue weighted by molar-refractivity contribution is -0.120. The number of fused-ring (bicyclic) bond motifs is 5. The lowest BCUT2D eigenvalue weighted by Gasteiger charge is -2.22. The largest absolute Gasteiger partial charge is 0.294 e. The second-order valence-corrected chi connectivity index (χ2v) is 5.60. The molecule has 2 fully saturated rings. The Bertz CT molecular complexity index is 315. The van der Waals surface area contributed by atoms with Crippen LogP contribution in [0.5, 0.6) is 0 Å². The van der Waals surface area contributed by atoms with Crippen molar-refractivity contribution in [2.45, 2.75) is 45.4 Å². The molecule has 0 aromatic heterocycles. The summed E-state index contributed by atoms with van der Waals surface area (Å²) >= 11 is 0. The molecule has 0 radical (unpaired) electrons. The minimum atomic E-state index is 0.426. The number of carbonyl (C=O) groups excluding carboxylic acids is 1. The van der Waals surface area contributed by atoms with Gasteiger partial charge in [-0.1, -0.05) is 19.4 Å². The molecule has 82 valence electrons. The van der Waals surface area contributed by atoms with Crippen molar-refractivity contribution in [1.29, 1.82) is 0 Å². The van der Waals surface area contributed by atoms with E-state index in [9.17, 15) is 4.79 Å². The van der Waals surface area contributed by atoms with Crippen molar-refractivity contribution in [2.24, 2.45) is 23.7 Å². The Morgan fingerprint density at radius 3 is 2.87 bits per heavy atom. The first-order valence-corrected chi connectivity index (χ1v) is 6.56. The highest BCUT2D eigenvalue weighted by atomic mass is 16.1. The molecule has 1 heteroatoms. The third-order valence-electron chi connectivity index (χ3n) is 4.79. The van der Waals surface area contributed by atoms with E-state index in [1.54, 1.807) is 0 Å². The maximum Gasteiger partial charge on any atom is 0.162 e. The second kappa shape index (κ2) is 3.47. The van der Waals surface area contributed by atoms with Crippen LogP contribution in [0.3, 0.4) is 0 Å². The highest BCUT2D eigenvalue weighted by Gasteiger charge is 2.52. The third kappa shape index (κ3) is 1.32. The van der Waals surface area contributed by atoms with Crippen LogP contribution in [0.25, 0.3) is 0 Å². The normalized spacial score (nSPS) is 42.2. The van der Waals surface area contributed by atoms with Crippen LogP contribution in [0.4, 0.5) is 0 Å². The zero-order valence-electron chi connectivity index (χ0n) is 9.54. The Morgan fingerprint density at radius 1 is 1.33 bits per heavy atom. The summed E-state index contributed by atoms with van der Waals surface area (Å²) in [4.78, 5) is 12.2. The van der Waals surface area contributed by atoms with E-state index < -0.39 is 0 Å². The average molecular weight is 204 g/mol. The van der Waals surface area contributed by atoms with Crippen LogP contribution >= 0.6 is 0 Å². The van der Waals surface area contributed by atoms with E-state index in [4.69, 9.17) is 0 Å². The van der Waals surface area contributed by atoms with Crippen LogP contribution in [0.2, 0.25) is 0 Å². The number of carbonyl (C=O) groups is 1. The molecular weight excluding hydrogens is 184 g/mol. The highest BCUT2D eigenvalue weighted by molar-refractivity contribution is 6.00. The zero-order valence-corrected chi connectivity index (χ0v) is 9.54. The van der Waals surface area contributed by atoms with E-state index >= 15 is 0 Å². The standard InChI is InChI=1S/C14H20O/c1-2-3-4-11-8-12-9-5-6-10(7-9)13(12)14(11)15/h8-10,12-13H,2-7H2,1H3/t9-,10+,12+,13-/m1/s1. The van der Waals surface area contributed by atoms with Gasteiger partial charge in [-0.05, 0) is 55.4 Å². The number of hydrogen-bond acceptors (Lipinski definition) is 1. The van der Waals surface area contributed by atoms with Crippen molar-refractivity contribution < 1.29 is 4.79 Å². The molecule has 0 heterocycles. The molecule has 15 heavy (non-hydrogen) atoms. The fourth-order valence-electron chi connectivity index (χ4n) is 4.07. The van der Waals surface area contributed by atoms with Gasteiger partial charge in [0.05, 0.1) is 0 Å². The first kappa shape index (κ1) is 9.62. The maximum absolute atomic E-state index is 12.2. The van der Waals surface area contributed by atoms with E-state index in [-0.39, 0.29) is 0 Å². The molecule has 1 nitrogen and oxygen atoms in total. The summed E-state index contributed by atoms with van der Waals surface area (Å²) in [5.74, 6) is 3.23. The fraction of sp³-hybridized carbons (Fsp3) is 0.786. The minimum absolute atomic E-state index is 0.426. The second-order valence-electron chi connectivity index (χ2n) is 5.60. The lowest BCUT2D eigenvalue weighted by Crippen LogP contribution is -2.23. The molecule has 0 aromatic carbocycles. The van der Waals surface area contributed by atoms with Crippen molar-refractivity contribution >= 4 is 5.78 Å². The minimum Gasteiger partial charge on any atom is -0.294 e. The molecule has 3 aliphatic rings. The Hall–Kier alpha value is -0.590. The van der Waals surface area contributed by atoms with Gasteiger partial charge >= 0.3 is 0 Å². The molecule has 4 atom stereocenters. The van der Waals surface area contributed by atoms with Crippen molar-refractivity contribution in [3.63, 3.8) is 0 Å². The van der Waals surface area contributed by atoms with Gasteiger partial charge in [0, 0.05) is 5.92 Å². The molecule has 0 spiro atoms. The van der Waals surface area contributed by atoms with Crippen molar-refractivity contribution in [3.8, 4) is 0 Å². The van der Waals surface area contributed by atoms with E-state index in [2.05, 4.69) is 13.0 Å². The highest BCUT2D eigenvalue weighted by Crippen LogP contribution is 2.56. The van der Waals surface area contributed by atoms with Gasteiger partial charge in [-0.25, -0.2) is 0 Å². The van der Waals surface area contributed by atoms with Crippen molar-refractivity contribution in [1.82, 2.24) is 0 Å². The van der Waals surface area contributed by atoms with E-state index in [0.717, 1.165) is 18.3 Å². The van der Waals surface area contributed by atoms with Crippen LogP contribution in [0, 0.1) is 23.7 Å². The molecule has 2 saturated carbocycles. The number of ketones is 1. The Kier molecular flexibility index (Phi) is 2.22. The monoisotopic (exact) mass is 204 g/mol. The first-order valence-electron chi connectivity index (χ1n) is 6.56. The molecule has 0 saturated heterocycles. The lowest BCUT2D eigenvalue weighted by atomic mass is 9.81. The van der Waals surface area contributed by atoms with Gasteiger partial charge in [-0.3, -0.25) is 4.79 Å². The first-order chi connectivity index (χ1) is 7.31. The van der Waals surface area contributed by atoms with Gasteiger partial charge in [0.2, 0.25) is 0 Å². The number of Topliss-reactive ketones (excluding diaryl/α,β-unsaturated/α-hetero) is 1. The molecular formula is C14H20O. The van der Waals surface area contributed by atoms with Gasteiger partial charge in [0.15, 0.2) is 5.78 Å². The van der Waals surface area contributed by atoms with Crippen molar-refractivity contribution in [2.75, 3.05) is 0 Å². The summed E-state index contributed by atoms with van der Waals surface area (Å²) < 4.78 is 0. The van der Waals surface area contributed by atoms with Gasteiger partial charge < -0.3 is 0 Å². The summed E-state index contributed by atoms with van der Waals surface area (Å²) in [5, 5.41) is 0. The molecule has 3 rings (SSSR count). The molecule has 0 unspecified atom stereocenters. The summed E-state index contributed by atoms with van der Waals surface area (Å²) in [6.45, 7) is 2.20.